The number of nitriles is 1. The summed E-state index contributed by atoms with van der Waals surface area (Å²) in [6.07, 6.45) is -3.54. The molecule has 2 heterocycles. The lowest BCUT2D eigenvalue weighted by molar-refractivity contribution is -0.274. The van der Waals surface area contributed by atoms with E-state index >= 15 is 0 Å². The number of benzene rings is 1. The van der Waals surface area contributed by atoms with Crippen LogP contribution in [0.1, 0.15) is 11.1 Å². The van der Waals surface area contributed by atoms with Gasteiger partial charge in [-0.25, -0.2) is 4.98 Å². The van der Waals surface area contributed by atoms with E-state index in [0.717, 1.165) is 13.1 Å². The lowest BCUT2D eigenvalue weighted by Gasteiger charge is -2.27. The summed E-state index contributed by atoms with van der Waals surface area (Å²) in [6.45, 7) is 2.54. The van der Waals surface area contributed by atoms with Crippen molar-refractivity contribution in [2.75, 3.05) is 43.4 Å². The Morgan fingerprint density at radius 3 is 2.71 bits per heavy atom. The van der Waals surface area contributed by atoms with Gasteiger partial charge in [-0.15, -0.1) is 13.2 Å². The number of hydrogen-bond acceptors (Lipinski definition) is 8. The van der Waals surface area contributed by atoms with Gasteiger partial charge in [0.05, 0.1) is 12.7 Å². The molecule has 0 spiro atoms. The van der Waals surface area contributed by atoms with E-state index in [9.17, 15) is 23.2 Å². The maximum absolute atomic E-state index is 12.6. The Morgan fingerprint density at radius 1 is 1.26 bits per heavy atom. The topological polar surface area (TPSA) is 115 Å². The van der Waals surface area contributed by atoms with Gasteiger partial charge in [-0.05, 0) is 6.07 Å². The molecule has 0 atom stereocenters. The molecule has 0 saturated carbocycles. The summed E-state index contributed by atoms with van der Waals surface area (Å²) in [5.74, 6) is -0.228. The molecule has 0 bridgehead atoms. The number of anilines is 2. The molecule has 164 valence electrons. The summed E-state index contributed by atoms with van der Waals surface area (Å²) in [6, 6.07) is 7.63. The molecule has 1 saturated heterocycles. The lowest BCUT2D eigenvalue weighted by atomic mass is 10.2. The standard InChI is InChI=1S/C19H20F3N7O2/c20-19(21,22)31-15-4-2-1-3-13(15)10-26-18-27-11-14(9-23)17(28-18)25-12-16(30)29-7-5-24-6-8-29/h1-4,11,24H,5-8,10,12H2,(H2,25,26,27,28). The monoisotopic (exact) mass is 435 g/mol. The van der Waals surface area contributed by atoms with E-state index in [1.165, 1.54) is 24.4 Å². The van der Waals surface area contributed by atoms with E-state index in [4.69, 9.17) is 0 Å². The molecule has 1 aromatic carbocycles. The number of piperazine rings is 1. The number of rotatable bonds is 7. The molecule has 9 nitrogen and oxygen atoms in total. The predicted octanol–water partition coefficient (Wildman–Crippen LogP) is 1.70. The van der Waals surface area contributed by atoms with Crippen molar-refractivity contribution >= 4 is 17.7 Å². The highest BCUT2D eigenvalue weighted by atomic mass is 19.4. The number of nitrogens with zero attached hydrogens (tertiary/aromatic N) is 4. The Bertz CT molecular complexity index is 956. The Kier molecular flexibility index (Phi) is 7.09. The summed E-state index contributed by atoms with van der Waals surface area (Å²) >= 11 is 0. The van der Waals surface area contributed by atoms with Crippen LogP contribution in [0.2, 0.25) is 0 Å². The maximum atomic E-state index is 12.6. The summed E-state index contributed by atoms with van der Waals surface area (Å²) in [5, 5.41) is 18.1. The first-order valence-corrected chi connectivity index (χ1v) is 9.43. The van der Waals surface area contributed by atoms with Gasteiger partial charge in [-0.1, -0.05) is 18.2 Å². The van der Waals surface area contributed by atoms with E-state index < -0.39 is 6.36 Å². The van der Waals surface area contributed by atoms with Gasteiger partial charge in [0, 0.05) is 38.3 Å². The van der Waals surface area contributed by atoms with Crippen LogP contribution in [0.4, 0.5) is 24.9 Å². The van der Waals surface area contributed by atoms with Crippen LogP contribution in [0.5, 0.6) is 5.75 Å². The largest absolute Gasteiger partial charge is 0.573 e. The molecule has 31 heavy (non-hydrogen) atoms. The first kappa shape index (κ1) is 22.1. The zero-order valence-electron chi connectivity index (χ0n) is 16.4. The number of nitrogens with one attached hydrogen (secondary N) is 3. The van der Waals surface area contributed by atoms with Crippen molar-refractivity contribution in [3.8, 4) is 11.8 Å². The third-order valence-electron chi connectivity index (χ3n) is 4.42. The number of aromatic nitrogens is 2. The van der Waals surface area contributed by atoms with Crippen LogP contribution in [0.3, 0.4) is 0 Å². The second-order valence-corrected chi connectivity index (χ2v) is 6.56. The van der Waals surface area contributed by atoms with Crippen LogP contribution < -0.4 is 20.7 Å². The fraction of sp³-hybridized carbons (Fsp3) is 0.368. The van der Waals surface area contributed by atoms with E-state index in [1.807, 2.05) is 6.07 Å². The Hall–Kier alpha value is -3.59. The number of carbonyl (C=O) groups is 1. The van der Waals surface area contributed by atoms with Gasteiger partial charge < -0.3 is 25.6 Å². The smallest absolute Gasteiger partial charge is 0.405 e. The summed E-state index contributed by atoms with van der Waals surface area (Å²) in [4.78, 5) is 22.2. The maximum Gasteiger partial charge on any atom is 0.573 e. The van der Waals surface area contributed by atoms with Crippen molar-refractivity contribution in [1.82, 2.24) is 20.2 Å². The lowest BCUT2D eigenvalue weighted by Crippen LogP contribution is -2.48. The number of ether oxygens (including phenoxy) is 1. The Balaban J connectivity index is 1.65. The molecule has 1 aliphatic heterocycles. The van der Waals surface area contributed by atoms with Crippen LogP contribution in [-0.4, -0.2) is 59.9 Å². The Morgan fingerprint density at radius 2 is 2.00 bits per heavy atom. The minimum Gasteiger partial charge on any atom is -0.405 e. The van der Waals surface area contributed by atoms with Crippen molar-refractivity contribution in [1.29, 1.82) is 5.26 Å². The number of hydrogen-bond donors (Lipinski definition) is 3. The predicted molar refractivity (Wildman–Crippen MR) is 105 cm³/mol. The first-order chi connectivity index (χ1) is 14.9. The first-order valence-electron chi connectivity index (χ1n) is 9.43. The average Bonchev–Trinajstić information content (AvgIpc) is 2.76. The van der Waals surface area contributed by atoms with Crippen molar-refractivity contribution < 1.29 is 22.7 Å². The molecule has 0 aliphatic carbocycles. The van der Waals surface area contributed by atoms with Crippen molar-refractivity contribution in [2.45, 2.75) is 12.9 Å². The van der Waals surface area contributed by atoms with Crippen LogP contribution in [0, 0.1) is 11.3 Å². The second-order valence-electron chi connectivity index (χ2n) is 6.56. The van der Waals surface area contributed by atoms with E-state index in [0.29, 0.717) is 13.1 Å². The van der Waals surface area contributed by atoms with Gasteiger partial charge in [-0.2, -0.15) is 10.2 Å². The minimum absolute atomic E-state index is 0.0443. The van der Waals surface area contributed by atoms with Crippen molar-refractivity contribution in [3.63, 3.8) is 0 Å². The third kappa shape index (κ3) is 6.45. The number of amides is 1. The van der Waals surface area contributed by atoms with Crippen LogP contribution in [-0.2, 0) is 11.3 Å². The van der Waals surface area contributed by atoms with Gasteiger partial charge in [0.1, 0.15) is 23.2 Å². The van der Waals surface area contributed by atoms with E-state index in [1.54, 1.807) is 11.0 Å². The van der Waals surface area contributed by atoms with Gasteiger partial charge in [0.2, 0.25) is 11.9 Å². The molecule has 3 N–H and O–H groups in total. The zero-order valence-corrected chi connectivity index (χ0v) is 16.4. The van der Waals surface area contributed by atoms with E-state index in [2.05, 4.69) is 30.7 Å². The van der Waals surface area contributed by atoms with Gasteiger partial charge in [0.15, 0.2) is 0 Å². The number of halogens is 3. The van der Waals surface area contributed by atoms with Gasteiger partial charge in [0.25, 0.3) is 0 Å². The molecule has 12 heteroatoms. The molecule has 0 unspecified atom stereocenters. The van der Waals surface area contributed by atoms with Gasteiger partial charge >= 0.3 is 6.36 Å². The molecule has 1 amide bonds. The third-order valence-corrected chi connectivity index (χ3v) is 4.42. The molecule has 0 radical (unpaired) electrons. The normalized spacial score (nSPS) is 13.9. The summed E-state index contributed by atoms with van der Waals surface area (Å²) in [5.41, 5.74) is 0.385. The van der Waals surface area contributed by atoms with Crippen LogP contribution in [0.15, 0.2) is 30.5 Å². The van der Waals surface area contributed by atoms with Crippen LogP contribution in [0.25, 0.3) is 0 Å². The minimum atomic E-state index is -4.81. The zero-order chi connectivity index (χ0) is 22.3. The van der Waals surface area contributed by atoms with Crippen molar-refractivity contribution in [3.05, 3.63) is 41.6 Å². The number of alkyl halides is 3. The summed E-state index contributed by atoms with van der Waals surface area (Å²) in [7, 11) is 0. The highest BCUT2D eigenvalue weighted by Crippen LogP contribution is 2.26. The number of carbonyl (C=O) groups excluding carboxylic acids is 1. The highest BCUT2D eigenvalue weighted by Gasteiger charge is 2.32. The molecule has 2 aromatic rings. The highest BCUT2D eigenvalue weighted by molar-refractivity contribution is 5.81. The molecule has 1 aromatic heterocycles. The molecule has 3 rings (SSSR count). The number of para-hydroxylation sites is 1. The fourth-order valence-corrected chi connectivity index (χ4v) is 2.92. The van der Waals surface area contributed by atoms with E-state index in [-0.39, 0.29) is 47.6 Å². The van der Waals surface area contributed by atoms with Gasteiger partial charge in [-0.3, -0.25) is 4.79 Å². The quantitative estimate of drug-likeness (QED) is 0.602. The molecular weight excluding hydrogens is 415 g/mol. The average molecular weight is 435 g/mol. The molecular formula is C19H20F3N7O2. The summed E-state index contributed by atoms with van der Waals surface area (Å²) < 4.78 is 41.7. The SMILES string of the molecule is N#Cc1cnc(NCc2ccccc2OC(F)(F)F)nc1NCC(=O)N1CCNCC1. The van der Waals surface area contributed by atoms with Crippen molar-refractivity contribution in [2.24, 2.45) is 0 Å². The molecule has 1 aliphatic rings. The fourth-order valence-electron chi connectivity index (χ4n) is 2.92. The van der Waals surface area contributed by atoms with Crippen LogP contribution >= 0.6 is 0 Å². The molecule has 1 fully saturated rings. The Labute approximate surface area is 176 Å². The second kappa shape index (κ2) is 9.94.